The van der Waals surface area contributed by atoms with Crippen LogP contribution in [0.5, 0.6) is 0 Å². The SMILES string of the molecule is Cc1cccc(CN2CCCCC2=O)c1. The molecule has 1 saturated heterocycles. The zero-order valence-electron chi connectivity index (χ0n) is 9.20. The highest BCUT2D eigenvalue weighted by Crippen LogP contribution is 2.14. The Hall–Kier alpha value is -1.31. The minimum absolute atomic E-state index is 0.308. The Morgan fingerprint density at radius 2 is 2.20 bits per heavy atom. The molecule has 0 aromatic heterocycles. The number of nitrogens with zero attached hydrogens (tertiary/aromatic N) is 1. The summed E-state index contributed by atoms with van der Waals surface area (Å²) in [6.45, 7) is 3.79. The van der Waals surface area contributed by atoms with E-state index in [0.29, 0.717) is 5.91 Å². The molecule has 2 rings (SSSR count). The number of piperidine rings is 1. The van der Waals surface area contributed by atoms with E-state index in [-0.39, 0.29) is 0 Å². The van der Waals surface area contributed by atoms with Gasteiger partial charge in [-0.25, -0.2) is 0 Å². The van der Waals surface area contributed by atoms with Gasteiger partial charge in [-0.15, -0.1) is 0 Å². The maximum absolute atomic E-state index is 11.6. The second-order valence-electron chi connectivity index (χ2n) is 4.26. The fraction of sp³-hybridized carbons (Fsp3) is 0.462. The normalized spacial score (nSPS) is 16.9. The molecule has 1 heterocycles. The largest absolute Gasteiger partial charge is 0.338 e. The Labute approximate surface area is 90.9 Å². The van der Waals surface area contributed by atoms with E-state index >= 15 is 0 Å². The van der Waals surface area contributed by atoms with Crippen molar-refractivity contribution in [3.63, 3.8) is 0 Å². The van der Waals surface area contributed by atoms with Gasteiger partial charge in [-0.1, -0.05) is 29.8 Å². The highest BCUT2D eigenvalue weighted by molar-refractivity contribution is 5.76. The summed E-state index contributed by atoms with van der Waals surface area (Å²) in [5, 5.41) is 0. The van der Waals surface area contributed by atoms with Gasteiger partial charge in [-0.2, -0.15) is 0 Å². The van der Waals surface area contributed by atoms with Gasteiger partial charge in [0.25, 0.3) is 0 Å². The number of aryl methyl sites for hydroxylation is 1. The average Bonchev–Trinajstić information content (AvgIpc) is 2.22. The Morgan fingerprint density at radius 3 is 2.93 bits per heavy atom. The number of amides is 1. The third-order valence-electron chi connectivity index (χ3n) is 2.88. The maximum Gasteiger partial charge on any atom is 0.222 e. The summed E-state index contributed by atoms with van der Waals surface area (Å²) in [6, 6.07) is 8.39. The quantitative estimate of drug-likeness (QED) is 0.723. The van der Waals surface area contributed by atoms with Crippen LogP contribution in [-0.2, 0) is 11.3 Å². The van der Waals surface area contributed by atoms with E-state index in [1.165, 1.54) is 11.1 Å². The Morgan fingerprint density at radius 1 is 1.33 bits per heavy atom. The predicted octanol–water partition coefficient (Wildman–Crippen LogP) is 2.51. The van der Waals surface area contributed by atoms with Gasteiger partial charge in [0.2, 0.25) is 5.91 Å². The van der Waals surface area contributed by atoms with Crippen molar-refractivity contribution in [1.82, 2.24) is 4.90 Å². The first-order chi connectivity index (χ1) is 7.25. The molecular weight excluding hydrogens is 186 g/mol. The van der Waals surface area contributed by atoms with Crippen molar-refractivity contribution in [2.24, 2.45) is 0 Å². The fourth-order valence-electron chi connectivity index (χ4n) is 2.06. The Kier molecular flexibility index (Phi) is 3.05. The zero-order valence-corrected chi connectivity index (χ0v) is 9.20. The first-order valence-electron chi connectivity index (χ1n) is 5.59. The molecule has 1 amide bonds. The van der Waals surface area contributed by atoms with Crippen LogP contribution in [0.3, 0.4) is 0 Å². The minimum Gasteiger partial charge on any atom is -0.338 e. The average molecular weight is 203 g/mol. The van der Waals surface area contributed by atoms with Crippen LogP contribution in [0.4, 0.5) is 0 Å². The number of rotatable bonds is 2. The van der Waals surface area contributed by atoms with Gasteiger partial charge < -0.3 is 4.90 Å². The summed E-state index contributed by atoms with van der Waals surface area (Å²) in [5.74, 6) is 0.308. The van der Waals surface area contributed by atoms with Crippen LogP contribution >= 0.6 is 0 Å². The van der Waals surface area contributed by atoms with Gasteiger partial charge in [0.05, 0.1) is 0 Å². The van der Waals surface area contributed by atoms with Crippen LogP contribution in [0.25, 0.3) is 0 Å². The monoisotopic (exact) mass is 203 g/mol. The van der Waals surface area contributed by atoms with E-state index in [0.717, 1.165) is 32.4 Å². The lowest BCUT2D eigenvalue weighted by Crippen LogP contribution is -2.34. The van der Waals surface area contributed by atoms with Gasteiger partial charge in [0.15, 0.2) is 0 Å². The highest BCUT2D eigenvalue weighted by Gasteiger charge is 2.17. The highest BCUT2D eigenvalue weighted by atomic mass is 16.2. The number of carbonyl (C=O) groups excluding carboxylic acids is 1. The lowest BCUT2D eigenvalue weighted by Gasteiger charge is -2.26. The number of hydrogen-bond acceptors (Lipinski definition) is 1. The topological polar surface area (TPSA) is 20.3 Å². The summed E-state index contributed by atoms with van der Waals surface area (Å²) in [7, 11) is 0. The molecule has 0 bridgehead atoms. The molecule has 1 aliphatic rings. The fourth-order valence-corrected chi connectivity index (χ4v) is 2.06. The number of hydrogen-bond donors (Lipinski definition) is 0. The van der Waals surface area contributed by atoms with Crippen LogP contribution in [-0.4, -0.2) is 17.4 Å². The second kappa shape index (κ2) is 4.47. The summed E-state index contributed by atoms with van der Waals surface area (Å²) < 4.78 is 0. The minimum atomic E-state index is 0.308. The number of likely N-dealkylation sites (tertiary alicyclic amines) is 1. The van der Waals surface area contributed by atoms with Crippen molar-refractivity contribution in [2.45, 2.75) is 32.7 Å². The molecule has 2 heteroatoms. The zero-order chi connectivity index (χ0) is 10.7. The molecule has 80 valence electrons. The van der Waals surface area contributed by atoms with E-state index < -0.39 is 0 Å². The van der Waals surface area contributed by atoms with E-state index in [9.17, 15) is 4.79 Å². The van der Waals surface area contributed by atoms with Crippen molar-refractivity contribution < 1.29 is 4.79 Å². The van der Waals surface area contributed by atoms with E-state index in [1.807, 2.05) is 4.90 Å². The molecule has 0 N–H and O–H groups in total. The first-order valence-corrected chi connectivity index (χ1v) is 5.59. The molecule has 2 nitrogen and oxygen atoms in total. The second-order valence-corrected chi connectivity index (χ2v) is 4.26. The van der Waals surface area contributed by atoms with Gasteiger partial charge >= 0.3 is 0 Å². The lowest BCUT2D eigenvalue weighted by molar-refractivity contribution is -0.133. The summed E-state index contributed by atoms with van der Waals surface area (Å²) in [6.07, 6.45) is 2.94. The van der Waals surface area contributed by atoms with E-state index in [2.05, 4.69) is 31.2 Å². The third kappa shape index (κ3) is 2.58. The van der Waals surface area contributed by atoms with Crippen molar-refractivity contribution in [3.05, 3.63) is 35.4 Å². The molecule has 1 aliphatic heterocycles. The summed E-state index contributed by atoms with van der Waals surface area (Å²) in [4.78, 5) is 13.6. The lowest BCUT2D eigenvalue weighted by atomic mass is 10.1. The molecule has 0 spiro atoms. The first kappa shape index (κ1) is 10.2. The molecule has 0 aliphatic carbocycles. The maximum atomic E-state index is 11.6. The summed E-state index contributed by atoms with van der Waals surface area (Å²) in [5.41, 5.74) is 2.50. The van der Waals surface area contributed by atoms with E-state index in [1.54, 1.807) is 0 Å². The van der Waals surface area contributed by atoms with Gasteiger partial charge in [0, 0.05) is 19.5 Å². The molecule has 0 radical (unpaired) electrons. The Balaban J connectivity index is 2.04. The smallest absolute Gasteiger partial charge is 0.222 e. The van der Waals surface area contributed by atoms with Gasteiger partial charge in [-0.05, 0) is 25.3 Å². The Bertz CT molecular complexity index is 359. The van der Waals surface area contributed by atoms with Crippen LogP contribution in [0.2, 0.25) is 0 Å². The number of benzene rings is 1. The van der Waals surface area contributed by atoms with Crippen LogP contribution < -0.4 is 0 Å². The third-order valence-corrected chi connectivity index (χ3v) is 2.88. The molecular formula is C13H17NO. The standard InChI is InChI=1S/C13H17NO/c1-11-5-4-6-12(9-11)10-14-8-3-2-7-13(14)15/h4-6,9H,2-3,7-8,10H2,1H3. The van der Waals surface area contributed by atoms with Crippen LogP contribution in [0, 0.1) is 6.92 Å². The molecule has 1 fully saturated rings. The molecule has 0 atom stereocenters. The molecule has 1 aromatic carbocycles. The van der Waals surface area contributed by atoms with Crippen molar-refractivity contribution in [2.75, 3.05) is 6.54 Å². The van der Waals surface area contributed by atoms with Crippen molar-refractivity contribution in [3.8, 4) is 0 Å². The summed E-state index contributed by atoms with van der Waals surface area (Å²) >= 11 is 0. The molecule has 0 unspecified atom stereocenters. The van der Waals surface area contributed by atoms with Crippen molar-refractivity contribution in [1.29, 1.82) is 0 Å². The van der Waals surface area contributed by atoms with Crippen LogP contribution in [0.1, 0.15) is 30.4 Å². The predicted molar refractivity (Wildman–Crippen MR) is 60.4 cm³/mol. The molecule has 0 saturated carbocycles. The van der Waals surface area contributed by atoms with E-state index in [4.69, 9.17) is 0 Å². The van der Waals surface area contributed by atoms with Crippen LogP contribution in [0.15, 0.2) is 24.3 Å². The van der Waals surface area contributed by atoms with Crippen molar-refractivity contribution >= 4 is 5.91 Å². The molecule has 1 aromatic rings. The number of carbonyl (C=O) groups is 1. The molecule has 15 heavy (non-hydrogen) atoms. The van der Waals surface area contributed by atoms with Gasteiger partial charge in [0.1, 0.15) is 0 Å². The van der Waals surface area contributed by atoms with Gasteiger partial charge in [-0.3, -0.25) is 4.79 Å².